The third-order valence-electron chi connectivity index (χ3n) is 8.78. The van der Waals surface area contributed by atoms with E-state index < -0.39 is 24.0 Å². The van der Waals surface area contributed by atoms with Crippen LogP contribution in [0.3, 0.4) is 0 Å². The van der Waals surface area contributed by atoms with Crippen molar-refractivity contribution < 1.29 is 23.6 Å². The number of nitrogens with one attached hydrogen (secondary N) is 3. The second-order valence-electron chi connectivity index (χ2n) is 11.7. The van der Waals surface area contributed by atoms with Crippen molar-refractivity contribution in [3.63, 3.8) is 0 Å². The van der Waals surface area contributed by atoms with Gasteiger partial charge in [0.15, 0.2) is 0 Å². The second-order valence-corrected chi connectivity index (χ2v) is 11.7. The van der Waals surface area contributed by atoms with E-state index in [1.807, 2.05) is 19.1 Å². The van der Waals surface area contributed by atoms with E-state index in [1.165, 1.54) is 12.1 Å². The standard InChI is InChI=1S/C34H40FN5O4/c1-3-27-21-39(30(33(43)36-2)20-23-8-11-24-6-4-5-7-25(24)18-23)16-17-40(27)34(44)29(19-22-9-12-26(35)13-10-22)38-32(42)28-14-15-31(41)37-28/h4-13,18,27-30H,3,14-17,19-21H2,1-2H3,(H,36,43)(H,37,41)(H,38,42). The Kier molecular flexibility index (Phi) is 9.89. The molecular formula is C34H40FN5O4. The highest BCUT2D eigenvalue weighted by Gasteiger charge is 2.38. The van der Waals surface area contributed by atoms with Crippen LogP contribution in [0.4, 0.5) is 4.39 Å². The molecule has 2 heterocycles. The summed E-state index contributed by atoms with van der Waals surface area (Å²) in [5.41, 5.74) is 1.77. The van der Waals surface area contributed by atoms with E-state index in [4.69, 9.17) is 0 Å². The number of nitrogens with zero attached hydrogens (tertiary/aromatic N) is 2. The van der Waals surface area contributed by atoms with Crippen LogP contribution in [-0.2, 0) is 32.0 Å². The number of amides is 4. The number of piperazine rings is 1. The summed E-state index contributed by atoms with van der Waals surface area (Å²) in [5, 5.41) is 10.6. The molecule has 3 aromatic carbocycles. The summed E-state index contributed by atoms with van der Waals surface area (Å²) in [6.07, 6.45) is 2.02. The van der Waals surface area contributed by atoms with Gasteiger partial charge < -0.3 is 20.9 Å². The molecular weight excluding hydrogens is 561 g/mol. The first-order chi connectivity index (χ1) is 21.2. The molecule has 0 saturated carbocycles. The number of hydrogen-bond acceptors (Lipinski definition) is 5. The quantitative estimate of drug-likeness (QED) is 0.331. The minimum Gasteiger partial charge on any atom is -0.358 e. The van der Waals surface area contributed by atoms with E-state index in [-0.39, 0.29) is 42.4 Å². The summed E-state index contributed by atoms with van der Waals surface area (Å²) in [6.45, 7) is 3.39. The van der Waals surface area contributed by atoms with Gasteiger partial charge in [-0.15, -0.1) is 0 Å². The molecule has 2 aliphatic rings. The van der Waals surface area contributed by atoms with Crippen LogP contribution in [0, 0.1) is 5.82 Å². The first-order valence-electron chi connectivity index (χ1n) is 15.3. The third-order valence-corrected chi connectivity index (χ3v) is 8.78. The molecule has 0 bridgehead atoms. The molecule has 2 fully saturated rings. The largest absolute Gasteiger partial charge is 0.358 e. The van der Waals surface area contributed by atoms with Crippen molar-refractivity contribution in [3.05, 3.63) is 83.7 Å². The van der Waals surface area contributed by atoms with E-state index in [9.17, 15) is 23.6 Å². The predicted molar refractivity (Wildman–Crippen MR) is 166 cm³/mol. The predicted octanol–water partition coefficient (Wildman–Crippen LogP) is 2.56. The maximum absolute atomic E-state index is 14.1. The summed E-state index contributed by atoms with van der Waals surface area (Å²) < 4.78 is 13.6. The van der Waals surface area contributed by atoms with Crippen molar-refractivity contribution in [2.75, 3.05) is 26.7 Å². The molecule has 3 N–H and O–H groups in total. The van der Waals surface area contributed by atoms with Gasteiger partial charge in [0.2, 0.25) is 23.6 Å². The maximum Gasteiger partial charge on any atom is 0.245 e. The maximum atomic E-state index is 14.1. The number of likely N-dealkylation sites (N-methyl/N-ethyl adjacent to an activating group) is 1. The van der Waals surface area contributed by atoms with Gasteiger partial charge in [-0.2, -0.15) is 0 Å². The molecule has 4 atom stereocenters. The summed E-state index contributed by atoms with van der Waals surface area (Å²) in [6, 6.07) is 18.1. The summed E-state index contributed by atoms with van der Waals surface area (Å²) in [4.78, 5) is 56.0. The van der Waals surface area contributed by atoms with Crippen LogP contribution in [0.15, 0.2) is 66.7 Å². The molecule has 44 heavy (non-hydrogen) atoms. The number of hydrogen-bond donors (Lipinski definition) is 3. The number of carbonyl (C=O) groups excluding carboxylic acids is 4. The number of benzene rings is 3. The minimum atomic E-state index is -0.890. The van der Waals surface area contributed by atoms with Gasteiger partial charge in [0.1, 0.15) is 17.9 Å². The van der Waals surface area contributed by atoms with Crippen molar-refractivity contribution >= 4 is 34.4 Å². The smallest absolute Gasteiger partial charge is 0.245 e. The fourth-order valence-electron chi connectivity index (χ4n) is 6.28. The third kappa shape index (κ3) is 7.24. The minimum absolute atomic E-state index is 0.0761. The van der Waals surface area contributed by atoms with Gasteiger partial charge in [-0.25, -0.2) is 4.39 Å². The first kappa shape index (κ1) is 31.1. The van der Waals surface area contributed by atoms with E-state index in [2.05, 4.69) is 51.2 Å². The lowest BCUT2D eigenvalue weighted by molar-refractivity contribution is -0.142. The van der Waals surface area contributed by atoms with Gasteiger partial charge in [-0.05, 0) is 53.3 Å². The Morgan fingerprint density at radius 3 is 2.39 bits per heavy atom. The topological polar surface area (TPSA) is 111 Å². The number of carbonyl (C=O) groups is 4. The molecule has 232 valence electrons. The Labute approximate surface area is 257 Å². The highest BCUT2D eigenvalue weighted by Crippen LogP contribution is 2.22. The van der Waals surface area contributed by atoms with Gasteiger partial charge in [0.05, 0.1) is 6.04 Å². The second kappa shape index (κ2) is 14.0. The van der Waals surface area contributed by atoms with Crippen molar-refractivity contribution in [2.45, 2.75) is 63.2 Å². The summed E-state index contributed by atoms with van der Waals surface area (Å²) in [7, 11) is 1.64. The highest BCUT2D eigenvalue weighted by molar-refractivity contribution is 5.94. The molecule has 5 rings (SSSR count). The molecule has 3 aromatic rings. The van der Waals surface area contributed by atoms with Gasteiger partial charge in [0.25, 0.3) is 0 Å². The lowest BCUT2D eigenvalue weighted by Gasteiger charge is -2.45. The van der Waals surface area contributed by atoms with Gasteiger partial charge in [-0.3, -0.25) is 24.1 Å². The molecule has 0 aliphatic carbocycles. The Morgan fingerprint density at radius 1 is 0.977 bits per heavy atom. The molecule has 4 unspecified atom stereocenters. The number of halogens is 1. The lowest BCUT2D eigenvalue weighted by atomic mass is 9.97. The molecule has 0 radical (unpaired) electrons. The lowest BCUT2D eigenvalue weighted by Crippen LogP contribution is -2.63. The first-order valence-corrected chi connectivity index (χ1v) is 15.3. The summed E-state index contributed by atoms with van der Waals surface area (Å²) in [5.74, 6) is -1.29. The molecule has 2 aliphatic heterocycles. The van der Waals surface area contributed by atoms with E-state index >= 15 is 0 Å². The average Bonchev–Trinajstić information content (AvgIpc) is 3.49. The van der Waals surface area contributed by atoms with Crippen LogP contribution in [0.1, 0.15) is 37.3 Å². The molecule has 0 spiro atoms. The van der Waals surface area contributed by atoms with Crippen LogP contribution in [0.5, 0.6) is 0 Å². The Bertz CT molecular complexity index is 1510. The fourth-order valence-corrected chi connectivity index (χ4v) is 6.28. The van der Waals surface area contributed by atoms with Gasteiger partial charge >= 0.3 is 0 Å². The van der Waals surface area contributed by atoms with Crippen LogP contribution in [0.25, 0.3) is 10.8 Å². The molecule has 4 amide bonds. The summed E-state index contributed by atoms with van der Waals surface area (Å²) >= 11 is 0. The molecule has 9 nitrogen and oxygen atoms in total. The molecule has 2 saturated heterocycles. The molecule has 0 aromatic heterocycles. The highest BCUT2D eigenvalue weighted by atomic mass is 19.1. The van der Waals surface area contributed by atoms with Crippen LogP contribution in [0.2, 0.25) is 0 Å². The fraction of sp³-hybridized carbons (Fsp3) is 0.412. The Hall–Kier alpha value is -4.31. The zero-order valence-corrected chi connectivity index (χ0v) is 25.2. The van der Waals surface area contributed by atoms with Gasteiger partial charge in [0, 0.05) is 45.6 Å². The average molecular weight is 602 g/mol. The molecule has 10 heteroatoms. The number of fused-ring (bicyclic) bond motifs is 1. The van der Waals surface area contributed by atoms with E-state index in [0.29, 0.717) is 44.5 Å². The van der Waals surface area contributed by atoms with E-state index in [1.54, 1.807) is 24.1 Å². The Morgan fingerprint density at radius 2 is 1.70 bits per heavy atom. The van der Waals surface area contributed by atoms with Crippen LogP contribution in [-0.4, -0.2) is 84.3 Å². The normalized spacial score (nSPS) is 20.2. The van der Waals surface area contributed by atoms with Crippen molar-refractivity contribution in [3.8, 4) is 0 Å². The van der Waals surface area contributed by atoms with Crippen molar-refractivity contribution in [1.82, 2.24) is 25.8 Å². The number of rotatable bonds is 10. The van der Waals surface area contributed by atoms with E-state index in [0.717, 1.165) is 16.3 Å². The van der Waals surface area contributed by atoms with Gasteiger partial charge in [-0.1, -0.05) is 61.5 Å². The van der Waals surface area contributed by atoms with Crippen LogP contribution < -0.4 is 16.0 Å². The zero-order chi connectivity index (χ0) is 31.2. The van der Waals surface area contributed by atoms with Crippen LogP contribution >= 0.6 is 0 Å². The monoisotopic (exact) mass is 601 g/mol. The SMILES string of the molecule is CCC1CN(C(Cc2ccc3ccccc3c2)C(=O)NC)CCN1C(=O)C(Cc1ccc(F)cc1)NC(=O)C1CCC(=O)N1. The zero-order valence-electron chi connectivity index (χ0n) is 25.2. The van der Waals surface area contributed by atoms with Crippen molar-refractivity contribution in [1.29, 1.82) is 0 Å². The Balaban J connectivity index is 1.32. The van der Waals surface area contributed by atoms with Crippen molar-refractivity contribution in [2.24, 2.45) is 0 Å².